The molecule has 6 nitrogen and oxygen atoms in total. The fraction of sp³-hybridized carbons (Fsp3) is 0.259. The van der Waals surface area contributed by atoms with Crippen molar-refractivity contribution in [2.45, 2.75) is 27.2 Å². The minimum atomic E-state index is -0.236. The molecule has 0 aliphatic heterocycles. The van der Waals surface area contributed by atoms with Crippen LogP contribution >= 0.6 is 11.8 Å². The molecule has 2 aromatic carbocycles. The third-order valence-corrected chi connectivity index (χ3v) is 6.47. The lowest BCUT2D eigenvalue weighted by Crippen LogP contribution is -2.23. The van der Waals surface area contributed by atoms with Gasteiger partial charge in [-0.25, -0.2) is 4.98 Å². The van der Waals surface area contributed by atoms with Gasteiger partial charge in [0.2, 0.25) is 0 Å². The van der Waals surface area contributed by atoms with Crippen LogP contribution in [0.4, 0.5) is 5.69 Å². The van der Waals surface area contributed by atoms with Crippen molar-refractivity contribution in [2.75, 3.05) is 26.1 Å². The number of imidazole rings is 1. The Balaban J connectivity index is 2.10. The largest absolute Gasteiger partial charge is 0.497 e. The van der Waals surface area contributed by atoms with Crippen LogP contribution in [0.1, 0.15) is 37.7 Å². The molecule has 0 unspecified atom stereocenters. The standard InChI is InChI=1S/C27H32N4O2S/c1-7-15-34-27(18(3)8-2)30-26(32)24-23(19-11-10-14-22(17-19)33-6)28-25(29-24)20-12-9-13-21(16-20)31(4)5/h7,9-17H,8H2,1-6H3,(H,28,29)(H,30,32)/b15-7-,27-18?. The Labute approximate surface area is 206 Å². The maximum Gasteiger partial charge on any atom is 0.274 e. The first-order valence-corrected chi connectivity index (χ1v) is 12.1. The summed E-state index contributed by atoms with van der Waals surface area (Å²) in [6.45, 7) is 6.06. The normalized spacial score (nSPS) is 11.9. The number of aromatic amines is 1. The molecule has 0 radical (unpaired) electrons. The van der Waals surface area contributed by atoms with Crippen molar-refractivity contribution in [2.24, 2.45) is 0 Å². The number of carbonyl (C=O) groups is 1. The van der Waals surface area contributed by atoms with E-state index in [4.69, 9.17) is 9.72 Å². The van der Waals surface area contributed by atoms with E-state index in [1.807, 2.05) is 92.9 Å². The van der Waals surface area contributed by atoms with Crippen LogP contribution in [0.3, 0.4) is 0 Å². The second-order valence-electron chi connectivity index (χ2n) is 7.99. The van der Waals surface area contributed by atoms with Gasteiger partial charge in [0.05, 0.1) is 12.1 Å². The molecule has 3 rings (SSSR count). The van der Waals surface area contributed by atoms with Crippen LogP contribution in [0.15, 0.2) is 70.6 Å². The number of anilines is 1. The first-order valence-electron chi connectivity index (χ1n) is 11.2. The van der Waals surface area contributed by atoms with E-state index in [-0.39, 0.29) is 5.91 Å². The highest BCUT2D eigenvalue weighted by Gasteiger charge is 2.21. The summed E-state index contributed by atoms with van der Waals surface area (Å²) < 4.78 is 5.40. The van der Waals surface area contributed by atoms with Crippen molar-refractivity contribution in [1.82, 2.24) is 15.3 Å². The van der Waals surface area contributed by atoms with Gasteiger partial charge >= 0.3 is 0 Å². The van der Waals surface area contributed by atoms with Crippen LogP contribution < -0.4 is 15.0 Å². The highest BCUT2D eigenvalue weighted by molar-refractivity contribution is 8.05. The number of aromatic nitrogens is 2. The molecule has 178 valence electrons. The average Bonchev–Trinajstić information content (AvgIpc) is 3.32. The first-order chi connectivity index (χ1) is 16.4. The predicted octanol–water partition coefficient (Wildman–Crippen LogP) is 6.46. The van der Waals surface area contributed by atoms with E-state index in [9.17, 15) is 4.79 Å². The Kier molecular flexibility index (Phi) is 8.60. The summed E-state index contributed by atoms with van der Waals surface area (Å²) in [4.78, 5) is 23.7. The molecule has 34 heavy (non-hydrogen) atoms. The van der Waals surface area contributed by atoms with Gasteiger partial charge in [0.25, 0.3) is 5.91 Å². The molecule has 0 saturated heterocycles. The molecular formula is C27H32N4O2S. The van der Waals surface area contributed by atoms with Gasteiger partial charge in [0.15, 0.2) is 0 Å². The number of rotatable bonds is 9. The van der Waals surface area contributed by atoms with E-state index in [0.717, 1.165) is 33.8 Å². The first kappa shape index (κ1) is 25.2. The van der Waals surface area contributed by atoms with Gasteiger partial charge in [-0.1, -0.05) is 49.0 Å². The molecule has 0 spiro atoms. The number of amides is 1. The van der Waals surface area contributed by atoms with Crippen LogP contribution in [-0.4, -0.2) is 37.1 Å². The smallest absolute Gasteiger partial charge is 0.274 e. The summed E-state index contributed by atoms with van der Waals surface area (Å²) in [5.41, 5.74) is 4.84. The highest BCUT2D eigenvalue weighted by Crippen LogP contribution is 2.30. The number of H-pyrrole nitrogens is 1. The van der Waals surface area contributed by atoms with Crippen molar-refractivity contribution < 1.29 is 9.53 Å². The highest BCUT2D eigenvalue weighted by atomic mass is 32.2. The summed E-state index contributed by atoms with van der Waals surface area (Å²) in [6, 6.07) is 15.6. The molecule has 0 aliphatic carbocycles. The quantitative estimate of drug-likeness (QED) is 0.371. The number of ether oxygens (including phenoxy) is 1. The molecule has 0 saturated carbocycles. The Morgan fingerprint density at radius 3 is 2.59 bits per heavy atom. The molecule has 0 bridgehead atoms. The lowest BCUT2D eigenvalue weighted by atomic mass is 10.1. The Hall–Kier alpha value is -3.45. The lowest BCUT2D eigenvalue weighted by molar-refractivity contribution is 0.0964. The van der Waals surface area contributed by atoms with Crippen molar-refractivity contribution in [1.29, 1.82) is 0 Å². The summed E-state index contributed by atoms with van der Waals surface area (Å²) in [5.74, 6) is 1.10. The number of hydrogen-bond acceptors (Lipinski definition) is 5. The van der Waals surface area contributed by atoms with Gasteiger partial charge < -0.3 is 19.9 Å². The van der Waals surface area contributed by atoms with Gasteiger partial charge in [-0.2, -0.15) is 0 Å². The second kappa shape index (κ2) is 11.6. The number of carbonyl (C=O) groups excluding carboxylic acids is 1. The zero-order valence-electron chi connectivity index (χ0n) is 20.6. The zero-order chi connectivity index (χ0) is 24.7. The van der Waals surface area contributed by atoms with E-state index in [1.165, 1.54) is 11.8 Å². The maximum atomic E-state index is 13.5. The summed E-state index contributed by atoms with van der Waals surface area (Å²) in [7, 11) is 5.61. The fourth-order valence-electron chi connectivity index (χ4n) is 3.28. The predicted molar refractivity (Wildman–Crippen MR) is 143 cm³/mol. The number of benzene rings is 2. The summed E-state index contributed by atoms with van der Waals surface area (Å²) in [5, 5.41) is 5.88. The van der Waals surface area contributed by atoms with Crippen LogP contribution in [0.25, 0.3) is 22.6 Å². The SMILES string of the molecule is C/C=C\SC(NC(=O)c1[nH]c(-c2cccc(N(C)C)c2)nc1-c1cccc(OC)c1)=C(C)CC. The second-order valence-corrected chi connectivity index (χ2v) is 8.91. The molecule has 1 amide bonds. The van der Waals surface area contributed by atoms with Crippen molar-refractivity contribution in [3.05, 3.63) is 76.3 Å². The van der Waals surface area contributed by atoms with Crippen LogP contribution in [0, 0.1) is 0 Å². The molecular weight excluding hydrogens is 444 g/mol. The van der Waals surface area contributed by atoms with Gasteiger partial charge in [0, 0.05) is 30.9 Å². The average molecular weight is 477 g/mol. The van der Waals surface area contributed by atoms with E-state index in [0.29, 0.717) is 23.0 Å². The Morgan fingerprint density at radius 1 is 1.18 bits per heavy atom. The van der Waals surface area contributed by atoms with E-state index >= 15 is 0 Å². The summed E-state index contributed by atoms with van der Waals surface area (Å²) >= 11 is 1.50. The van der Waals surface area contributed by atoms with Gasteiger partial charge in [0.1, 0.15) is 23.0 Å². The number of allylic oxidation sites excluding steroid dienone is 2. The van der Waals surface area contributed by atoms with Crippen LogP contribution in [0.2, 0.25) is 0 Å². The molecule has 2 N–H and O–H groups in total. The third kappa shape index (κ3) is 5.91. The van der Waals surface area contributed by atoms with Gasteiger partial charge in [-0.3, -0.25) is 4.79 Å². The number of nitrogens with zero attached hydrogens (tertiary/aromatic N) is 2. The maximum absolute atomic E-state index is 13.5. The topological polar surface area (TPSA) is 70.2 Å². The van der Waals surface area contributed by atoms with Crippen LogP contribution in [-0.2, 0) is 0 Å². The fourth-order valence-corrected chi connectivity index (χ4v) is 4.05. The Bertz CT molecular complexity index is 1210. The zero-order valence-corrected chi connectivity index (χ0v) is 21.4. The monoisotopic (exact) mass is 476 g/mol. The van der Waals surface area contributed by atoms with Gasteiger partial charge in [-0.05, 0) is 55.5 Å². The molecule has 0 atom stereocenters. The minimum Gasteiger partial charge on any atom is -0.497 e. The minimum absolute atomic E-state index is 0.236. The van der Waals surface area contributed by atoms with E-state index < -0.39 is 0 Å². The molecule has 1 heterocycles. The molecule has 0 fully saturated rings. The number of methoxy groups -OCH3 is 1. The van der Waals surface area contributed by atoms with E-state index in [2.05, 4.69) is 17.2 Å². The van der Waals surface area contributed by atoms with Gasteiger partial charge in [-0.15, -0.1) is 0 Å². The molecule has 7 heteroatoms. The number of nitrogens with one attached hydrogen (secondary N) is 2. The van der Waals surface area contributed by atoms with Crippen molar-refractivity contribution in [3.63, 3.8) is 0 Å². The molecule has 3 aromatic rings. The summed E-state index contributed by atoms with van der Waals surface area (Å²) in [6.07, 6.45) is 2.79. The number of thioether (sulfide) groups is 1. The van der Waals surface area contributed by atoms with E-state index in [1.54, 1.807) is 7.11 Å². The van der Waals surface area contributed by atoms with Crippen molar-refractivity contribution >= 4 is 23.4 Å². The molecule has 0 aliphatic rings. The number of hydrogen-bond donors (Lipinski definition) is 2. The Morgan fingerprint density at radius 2 is 1.91 bits per heavy atom. The van der Waals surface area contributed by atoms with Crippen LogP contribution in [0.5, 0.6) is 5.75 Å². The van der Waals surface area contributed by atoms with Crippen molar-refractivity contribution in [3.8, 4) is 28.4 Å². The third-order valence-electron chi connectivity index (χ3n) is 5.38. The molecule has 1 aromatic heterocycles. The lowest BCUT2D eigenvalue weighted by Gasteiger charge is -2.12.